The molecule has 4 rings (SSSR count). The normalized spacial score (nSPS) is 19.8. The van der Waals surface area contributed by atoms with Gasteiger partial charge in [-0.2, -0.15) is 0 Å². The van der Waals surface area contributed by atoms with Gasteiger partial charge in [0.25, 0.3) is 0 Å². The lowest BCUT2D eigenvalue weighted by Crippen LogP contribution is -2.43. The van der Waals surface area contributed by atoms with Crippen molar-refractivity contribution in [2.24, 2.45) is 0 Å². The smallest absolute Gasteiger partial charge is 0.228 e. The number of rotatable bonds is 4. The van der Waals surface area contributed by atoms with Gasteiger partial charge >= 0.3 is 0 Å². The standard InChI is InChI=1S/C21H23F2N3O2/c22-15-1-4-17(5-2-15)25-11-12-26(19-6-3-16(23)13-20(19)25)21(28)8-10-24-9-7-18(27)14-24/h1-6,13,18,27H,7-12,14H2/t18-/m0/s1. The van der Waals surface area contributed by atoms with Crippen LogP contribution < -0.4 is 9.80 Å². The molecule has 1 fully saturated rings. The molecule has 0 bridgehead atoms. The fraction of sp³-hybridized carbons (Fsp3) is 0.381. The predicted molar refractivity (Wildman–Crippen MR) is 104 cm³/mol. The van der Waals surface area contributed by atoms with Crippen molar-refractivity contribution in [1.82, 2.24) is 4.90 Å². The molecule has 0 unspecified atom stereocenters. The summed E-state index contributed by atoms with van der Waals surface area (Å²) in [5.41, 5.74) is 2.01. The zero-order valence-electron chi connectivity index (χ0n) is 15.5. The van der Waals surface area contributed by atoms with Gasteiger partial charge in [-0.25, -0.2) is 8.78 Å². The molecule has 0 saturated carbocycles. The zero-order chi connectivity index (χ0) is 19.7. The maximum Gasteiger partial charge on any atom is 0.228 e. The summed E-state index contributed by atoms with van der Waals surface area (Å²) in [6, 6.07) is 10.4. The van der Waals surface area contributed by atoms with E-state index in [0.29, 0.717) is 44.0 Å². The molecular formula is C21H23F2N3O2. The highest BCUT2D eigenvalue weighted by Gasteiger charge is 2.29. The van der Waals surface area contributed by atoms with Crippen LogP contribution in [0.3, 0.4) is 0 Å². The van der Waals surface area contributed by atoms with Crippen LogP contribution in [0.4, 0.5) is 25.8 Å². The molecule has 1 amide bonds. The Morgan fingerprint density at radius 1 is 1.00 bits per heavy atom. The molecule has 0 aromatic heterocycles. The first kappa shape index (κ1) is 18.8. The third kappa shape index (κ3) is 3.86. The average Bonchev–Trinajstić information content (AvgIpc) is 3.11. The Morgan fingerprint density at radius 3 is 2.46 bits per heavy atom. The number of aliphatic hydroxyl groups is 1. The van der Waals surface area contributed by atoms with Gasteiger partial charge in [-0.15, -0.1) is 0 Å². The molecule has 0 radical (unpaired) electrons. The second kappa shape index (κ2) is 7.85. The number of hydrogen-bond donors (Lipinski definition) is 1. The van der Waals surface area contributed by atoms with E-state index < -0.39 is 0 Å². The second-order valence-electron chi connectivity index (χ2n) is 7.30. The van der Waals surface area contributed by atoms with E-state index in [2.05, 4.69) is 4.90 Å². The van der Waals surface area contributed by atoms with Crippen LogP contribution in [0, 0.1) is 11.6 Å². The van der Waals surface area contributed by atoms with E-state index in [9.17, 15) is 18.7 Å². The van der Waals surface area contributed by atoms with E-state index >= 15 is 0 Å². The van der Waals surface area contributed by atoms with Crippen LogP contribution in [-0.4, -0.2) is 54.7 Å². The number of β-amino-alcohol motifs (C(OH)–C–C–N with tert-alkyl or cyclic N) is 1. The molecular weight excluding hydrogens is 364 g/mol. The lowest BCUT2D eigenvalue weighted by atomic mass is 10.1. The van der Waals surface area contributed by atoms with Crippen LogP contribution in [0.1, 0.15) is 12.8 Å². The molecule has 2 heterocycles. The van der Waals surface area contributed by atoms with Gasteiger partial charge < -0.3 is 19.8 Å². The molecule has 1 N–H and O–H groups in total. The van der Waals surface area contributed by atoms with Crippen molar-refractivity contribution in [3.63, 3.8) is 0 Å². The molecule has 0 aliphatic carbocycles. The number of carbonyl (C=O) groups is 1. The molecule has 148 valence electrons. The van der Waals surface area contributed by atoms with E-state index in [1.807, 2.05) is 4.90 Å². The van der Waals surface area contributed by atoms with Crippen molar-refractivity contribution >= 4 is 23.0 Å². The number of hydrogen-bond acceptors (Lipinski definition) is 4. The van der Waals surface area contributed by atoms with Crippen LogP contribution in [0.15, 0.2) is 42.5 Å². The summed E-state index contributed by atoms with van der Waals surface area (Å²) in [5.74, 6) is -0.733. The molecule has 7 heteroatoms. The van der Waals surface area contributed by atoms with Crippen molar-refractivity contribution in [3.8, 4) is 0 Å². The molecule has 0 spiro atoms. The molecule has 5 nitrogen and oxygen atoms in total. The summed E-state index contributed by atoms with van der Waals surface area (Å²) in [7, 11) is 0. The Morgan fingerprint density at radius 2 is 1.75 bits per heavy atom. The van der Waals surface area contributed by atoms with E-state index in [1.165, 1.54) is 24.3 Å². The second-order valence-corrected chi connectivity index (χ2v) is 7.30. The first-order chi connectivity index (χ1) is 13.5. The highest BCUT2D eigenvalue weighted by molar-refractivity contribution is 5.99. The number of benzene rings is 2. The van der Waals surface area contributed by atoms with Crippen LogP contribution in [0.2, 0.25) is 0 Å². The van der Waals surface area contributed by atoms with Crippen LogP contribution in [0.25, 0.3) is 0 Å². The summed E-state index contributed by atoms with van der Waals surface area (Å²) < 4.78 is 27.2. The van der Waals surface area contributed by atoms with Gasteiger partial charge in [-0.3, -0.25) is 4.79 Å². The third-order valence-electron chi connectivity index (χ3n) is 5.40. The monoisotopic (exact) mass is 387 g/mol. The first-order valence-electron chi connectivity index (χ1n) is 9.55. The number of likely N-dealkylation sites (tertiary alicyclic amines) is 1. The van der Waals surface area contributed by atoms with Crippen LogP contribution in [0.5, 0.6) is 0 Å². The minimum absolute atomic E-state index is 0.0204. The van der Waals surface area contributed by atoms with Gasteiger partial charge in [-0.1, -0.05) is 0 Å². The zero-order valence-corrected chi connectivity index (χ0v) is 15.5. The largest absolute Gasteiger partial charge is 0.392 e. The van der Waals surface area contributed by atoms with Gasteiger partial charge in [0, 0.05) is 44.8 Å². The van der Waals surface area contributed by atoms with Gasteiger partial charge in [0.2, 0.25) is 5.91 Å². The summed E-state index contributed by atoms with van der Waals surface area (Å²) in [6.07, 6.45) is 0.783. The fourth-order valence-electron chi connectivity index (χ4n) is 3.93. The van der Waals surface area contributed by atoms with Crippen LogP contribution >= 0.6 is 0 Å². The van der Waals surface area contributed by atoms with Crippen molar-refractivity contribution in [1.29, 1.82) is 0 Å². The van der Waals surface area contributed by atoms with Crippen molar-refractivity contribution in [2.75, 3.05) is 42.5 Å². The molecule has 1 saturated heterocycles. The maximum absolute atomic E-state index is 13.9. The highest BCUT2D eigenvalue weighted by atomic mass is 19.1. The van der Waals surface area contributed by atoms with Gasteiger partial charge in [0.15, 0.2) is 0 Å². The number of nitrogens with zero attached hydrogens (tertiary/aromatic N) is 3. The average molecular weight is 387 g/mol. The van der Waals surface area contributed by atoms with E-state index in [-0.39, 0.29) is 23.6 Å². The maximum atomic E-state index is 13.9. The highest BCUT2D eigenvalue weighted by Crippen LogP contribution is 2.38. The summed E-state index contributed by atoms with van der Waals surface area (Å²) in [4.78, 5) is 18.5. The minimum atomic E-state index is -0.383. The predicted octanol–water partition coefficient (Wildman–Crippen LogP) is 2.91. The number of amides is 1. The number of aliphatic hydroxyl groups excluding tert-OH is 1. The summed E-state index contributed by atoms with van der Waals surface area (Å²) in [5, 5.41) is 9.62. The number of carbonyl (C=O) groups excluding carboxylic acids is 1. The molecule has 2 aliphatic rings. The minimum Gasteiger partial charge on any atom is -0.392 e. The summed E-state index contributed by atoms with van der Waals surface area (Å²) >= 11 is 0. The Kier molecular flexibility index (Phi) is 5.28. The lowest BCUT2D eigenvalue weighted by Gasteiger charge is -2.38. The molecule has 28 heavy (non-hydrogen) atoms. The van der Waals surface area contributed by atoms with E-state index in [4.69, 9.17) is 0 Å². The topological polar surface area (TPSA) is 47.0 Å². The van der Waals surface area contributed by atoms with Crippen molar-refractivity contribution in [2.45, 2.75) is 18.9 Å². The van der Waals surface area contributed by atoms with Crippen molar-refractivity contribution < 1.29 is 18.7 Å². The Hall–Kier alpha value is -2.51. The summed E-state index contributed by atoms with van der Waals surface area (Å²) in [6.45, 7) is 2.97. The first-order valence-corrected chi connectivity index (χ1v) is 9.55. The number of fused-ring (bicyclic) bond motifs is 1. The number of halogens is 2. The Balaban J connectivity index is 1.54. The number of anilines is 3. The van der Waals surface area contributed by atoms with Crippen molar-refractivity contribution in [3.05, 3.63) is 54.1 Å². The fourth-order valence-corrected chi connectivity index (χ4v) is 3.93. The van der Waals surface area contributed by atoms with E-state index in [0.717, 1.165) is 18.7 Å². The Bertz CT molecular complexity index is 859. The van der Waals surface area contributed by atoms with Crippen LogP contribution in [-0.2, 0) is 4.79 Å². The van der Waals surface area contributed by atoms with Gasteiger partial charge in [0.1, 0.15) is 11.6 Å². The SMILES string of the molecule is O=C(CCN1CC[C@H](O)C1)N1CCN(c2ccc(F)cc2)c2cc(F)ccc21. The molecule has 2 aromatic carbocycles. The van der Waals surface area contributed by atoms with E-state index in [1.54, 1.807) is 23.1 Å². The molecule has 1 atom stereocenters. The quantitative estimate of drug-likeness (QED) is 0.877. The molecule has 2 aliphatic heterocycles. The lowest BCUT2D eigenvalue weighted by molar-refractivity contribution is -0.118. The van der Waals surface area contributed by atoms with Gasteiger partial charge in [0.05, 0.1) is 17.5 Å². The molecule has 2 aromatic rings. The Labute approximate surface area is 162 Å². The van der Waals surface area contributed by atoms with Gasteiger partial charge in [-0.05, 0) is 48.9 Å². The third-order valence-corrected chi connectivity index (χ3v) is 5.40.